The summed E-state index contributed by atoms with van der Waals surface area (Å²) >= 11 is 0. The van der Waals surface area contributed by atoms with Crippen LogP contribution in [-0.2, 0) is 11.3 Å². The van der Waals surface area contributed by atoms with E-state index in [2.05, 4.69) is 4.74 Å². The molecule has 2 aromatic carbocycles. The Morgan fingerprint density at radius 2 is 1.50 bits per heavy atom. The molecule has 0 unspecified atom stereocenters. The van der Waals surface area contributed by atoms with Crippen LogP contribution in [-0.4, -0.2) is 48.3 Å². The molecule has 0 aromatic heterocycles. The van der Waals surface area contributed by atoms with Crippen molar-refractivity contribution >= 4 is 11.9 Å². The van der Waals surface area contributed by atoms with Crippen molar-refractivity contribution in [1.29, 1.82) is 0 Å². The van der Waals surface area contributed by atoms with Gasteiger partial charge >= 0.3 is 12.1 Å². The highest BCUT2D eigenvalue weighted by Gasteiger charge is 2.28. The second-order valence-corrected chi connectivity index (χ2v) is 5.92. The van der Waals surface area contributed by atoms with Gasteiger partial charge in [-0.2, -0.15) is 13.2 Å². The van der Waals surface area contributed by atoms with Crippen LogP contribution in [0, 0.1) is 0 Å². The first kappa shape index (κ1) is 21.1. The Morgan fingerprint density at radius 1 is 0.964 bits per heavy atom. The number of carbonyl (C=O) groups is 2. The highest BCUT2D eigenvalue weighted by atomic mass is 19.4. The molecular formula is C19H18F3NO5. The summed E-state index contributed by atoms with van der Waals surface area (Å²) < 4.78 is 46.1. The maximum Gasteiger partial charge on any atom is 0.422 e. The predicted octanol–water partition coefficient (Wildman–Crippen LogP) is 3.36. The number of halogens is 3. The first-order valence-corrected chi connectivity index (χ1v) is 8.12. The number of carboxylic acids is 1. The molecule has 1 amide bonds. The number of rotatable bonds is 8. The number of hydrogen-bond donors (Lipinski definition) is 1. The van der Waals surface area contributed by atoms with E-state index >= 15 is 0 Å². The molecule has 0 bridgehead atoms. The van der Waals surface area contributed by atoms with E-state index in [1.165, 1.54) is 29.2 Å². The average Bonchev–Trinajstić information content (AvgIpc) is 2.65. The lowest BCUT2D eigenvalue weighted by molar-refractivity contribution is -0.153. The number of ether oxygens (including phenoxy) is 2. The molecule has 0 saturated carbocycles. The smallest absolute Gasteiger partial charge is 0.422 e. The molecule has 9 heteroatoms. The zero-order chi connectivity index (χ0) is 20.7. The monoisotopic (exact) mass is 397 g/mol. The van der Waals surface area contributed by atoms with Gasteiger partial charge in [0.25, 0.3) is 5.91 Å². The third kappa shape index (κ3) is 6.82. The number of amides is 1. The molecule has 2 aromatic rings. The molecule has 0 aliphatic heterocycles. The summed E-state index contributed by atoms with van der Waals surface area (Å²) in [6.45, 7) is -1.56. The first-order valence-electron chi connectivity index (χ1n) is 8.12. The largest absolute Gasteiger partial charge is 0.484 e. The van der Waals surface area contributed by atoms with Crippen LogP contribution in [0.4, 0.5) is 13.2 Å². The minimum absolute atomic E-state index is 0.0217. The molecular weight excluding hydrogens is 379 g/mol. The highest BCUT2D eigenvalue weighted by Crippen LogP contribution is 2.20. The van der Waals surface area contributed by atoms with Gasteiger partial charge in [-0.3, -0.25) is 4.79 Å². The van der Waals surface area contributed by atoms with Crippen LogP contribution < -0.4 is 9.47 Å². The maximum atomic E-state index is 12.4. The van der Waals surface area contributed by atoms with Gasteiger partial charge in [0, 0.05) is 19.2 Å². The molecule has 150 valence electrons. The van der Waals surface area contributed by atoms with E-state index in [0.29, 0.717) is 11.3 Å². The minimum Gasteiger partial charge on any atom is -0.484 e. The van der Waals surface area contributed by atoms with E-state index < -0.39 is 25.4 Å². The molecule has 0 saturated heterocycles. The second-order valence-electron chi connectivity index (χ2n) is 5.92. The summed E-state index contributed by atoms with van der Waals surface area (Å²) in [6.07, 6.45) is -4.43. The highest BCUT2D eigenvalue weighted by molar-refractivity contribution is 5.94. The van der Waals surface area contributed by atoms with Crippen LogP contribution in [0.2, 0.25) is 0 Å². The fourth-order valence-electron chi connectivity index (χ4n) is 2.26. The van der Waals surface area contributed by atoms with Crippen molar-refractivity contribution in [2.45, 2.75) is 12.7 Å². The van der Waals surface area contributed by atoms with Crippen molar-refractivity contribution in [2.75, 3.05) is 20.3 Å². The van der Waals surface area contributed by atoms with Crippen LogP contribution in [0.5, 0.6) is 11.5 Å². The minimum atomic E-state index is -4.43. The van der Waals surface area contributed by atoms with Crippen LogP contribution in [0.25, 0.3) is 0 Å². The lowest BCUT2D eigenvalue weighted by Crippen LogP contribution is -2.26. The summed E-state index contributed by atoms with van der Waals surface area (Å²) in [6, 6.07) is 12.0. The van der Waals surface area contributed by atoms with Crippen molar-refractivity contribution in [1.82, 2.24) is 4.90 Å². The number of carboxylic acid groups (broad SMARTS) is 1. The summed E-state index contributed by atoms with van der Waals surface area (Å²) in [4.78, 5) is 24.3. The Hall–Kier alpha value is -3.23. The lowest BCUT2D eigenvalue weighted by Gasteiger charge is -2.18. The quantitative estimate of drug-likeness (QED) is 0.739. The van der Waals surface area contributed by atoms with Gasteiger partial charge in [-0.15, -0.1) is 0 Å². The summed E-state index contributed by atoms with van der Waals surface area (Å²) in [7, 11) is 1.59. The van der Waals surface area contributed by atoms with Gasteiger partial charge in [0.05, 0.1) is 0 Å². The average molecular weight is 397 g/mol. The Morgan fingerprint density at radius 3 is 2.04 bits per heavy atom. The van der Waals surface area contributed by atoms with Crippen molar-refractivity contribution in [2.24, 2.45) is 0 Å². The second kappa shape index (κ2) is 9.12. The van der Waals surface area contributed by atoms with Crippen molar-refractivity contribution in [3.05, 3.63) is 59.7 Å². The number of benzene rings is 2. The van der Waals surface area contributed by atoms with Crippen LogP contribution in [0.15, 0.2) is 48.5 Å². The molecule has 28 heavy (non-hydrogen) atoms. The Bertz CT molecular complexity index is 804. The molecule has 0 aliphatic carbocycles. The third-order valence-corrected chi connectivity index (χ3v) is 3.56. The van der Waals surface area contributed by atoms with Gasteiger partial charge in [0.2, 0.25) is 0 Å². The maximum absolute atomic E-state index is 12.4. The van der Waals surface area contributed by atoms with Crippen molar-refractivity contribution in [3.8, 4) is 11.5 Å². The summed E-state index contributed by atoms with van der Waals surface area (Å²) in [5, 5.41) is 8.57. The Balaban J connectivity index is 1.92. The lowest BCUT2D eigenvalue weighted by atomic mass is 10.1. The van der Waals surface area contributed by atoms with Gasteiger partial charge in [-0.05, 0) is 42.0 Å². The SMILES string of the molecule is CN(Cc1ccc(OCC(=O)O)cc1)C(=O)c1ccc(OCC(F)(F)F)cc1. The topological polar surface area (TPSA) is 76.1 Å². The van der Waals surface area contributed by atoms with Crippen molar-refractivity contribution < 1.29 is 37.3 Å². The molecule has 1 N–H and O–H groups in total. The zero-order valence-corrected chi connectivity index (χ0v) is 14.9. The molecule has 0 spiro atoms. The first-order chi connectivity index (χ1) is 13.1. The fourth-order valence-corrected chi connectivity index (χ4v) is 2.26. The number of aliphatic carboxylic acids is 1. The molecule has 0 atom stereocenters. The molecule has 0 heterocycles. The number of carbonyl (C=O) groups excluding carboxylic acids is 1. The zero-order valence-electron chi connectivity index (χ0n) is 14.9. The van der Waals surface area contributed by atoms with Gasteiger partial charge < -0.3 is 19.5 Å². The fraction of sp³-hybridized carbons (Fsp3) is 0.263. The molecule has 0 aliphatic rings. The standard InChI is InChI=1S/C19H18F3NO5/c1-23(10-13-2-6-15(7-3-13)27-11-17(24)25)18(26)14-4-8-16(9-5-14)28-12-19(20,21)22/h2-9H,10-12H2,1H3,(H,24,25). The molecule has 0 fully saturated rings. The number of nitrogens with zero attached hydrogens (tertiary/aromatic N) is 1. The van der Waals surface area contributed by atoms with Gasteiger partial charge in [0.1, 0.15) is 11.5 Å². The van der Waals surface area contributed by atoms with E-state index in [9.17, 15) is 22.8 Å². The summed E-state index contributed by atoms with van der Waals surface area (Å²) in [5.74, 6) is -0.971. The van der Waals surface area contributed by atoms with Gasteiger partial charge in [-0.25, -0.2) is 4.79 Å². The molecule has 2 rings (SSSR count). The van der Waals surface area contributed by atoms with E-state index in [-0.39, 0.29) is 18.2 Å². The van der Waals surface area contributed by atoms with E-state index in [1.54, 1.807) is 31.3 Å². The predicted molar refractivity (Wildman–Crippen MR) is 93.4 cm³/mol. The Labute approximate surface area is 159 Å². The number of hydrogen-bond acceptors (Lipinski definition) is 4. The normalized spacial score (nSPS) is 11.0. The van der Waals surface area contributed by atoms with E-state index in [1.807, 2.05) is 0 Å². The third-order valence-electron chi connectivity index (χ3n) is 3.56. The van der Waals surface area contributed by atoms with E-state index in [0.717, 1.165) is 5.56 Å². The summed E-state index contributed by atoms with van der Waals surface area (Å²) in [5.41, 5.74) is 1.10. The van der Waals surface area contributed by atoms with Crippen LogP contribution >= 0.6 is 0 Å². The van der Waals surface area contributed by atoms with Gasteiger partial charge in [0.15, 0.2) is 13.2 Å². The molecule has 6 nitrogen and oxygen atoms in total. The molecule has 0 radical (unpaired) electrons. The van der Waals surface area contributed by atoms with Crippen molar-refractivity contribution in [3.63, 3.8) is 0 Å². The van der Waals surface area contributed by atoms with Crippen LogP contribution in [0.3, 0.4) is 0 Å². The number of alkyl halides is 3. The van der Waals surface area contributed by atoms with E-state index in [4.69, 9.17) is 9.84 Å². The van der Waals surface area contributed by atoms with Gasteiger partial charge in [-0.1, -0.05) is 12.1 Å². The Kier molecular flexibility index (Phi) is 6.86. The van der Waals surface area contributed by atoms with Crippen LogP contribution in [0.1, 0.15) is 15.9 Å².